The Morgan fingerprint density at radius 3 is 3.05 bits per heavy atom. The van der Waals surface area contributed by atoms with Crippen LogP contribution in [0.4, 0.5) is 0 Å². The van der Waals surface area contributed by atoms with E-state index in [9.17, 15) is 4.79 Å². The van der Waals surface area contributed by atoms with Gasteiger partial charge in [-0.15, -0.1) is 6.58 Å². The van der Waals surface area contributed by atoms with Gasteiger partial charge in [-0.05, 0) is 37.8 Å². The molecule has 1 aliphatic rings. The fourth-order valence-corrected chi connectivity index (χ4v) is 2.88. The molecular formula is C17H25N3O2. The summed E-state index contributed by atoms with van der Waals surface area (Å²) in [5.41, 5.74) is 2.18. The lowest BCUT2D eigenvalue weighted by molar-refractivity contribution is -0.134. The number of esters is 1. The van der Waals surface area contributed by atoms with Crippen molar-refractivity contribution in [2.45, 2.75) is 52.0 Å². The monoisotopic (exact) mass is 303 g/mol. The molecule has 1 unspecified atom stereocenters. The van der Waals surface area contributed by atoms with Crippen LogP contribution in [0.5, 0.6) is 6.01 Å². The summed E-state index contributed by atoms with van der Waals surface area (Å²) >= 11 is 0. The lowest BCUT2D eigenvalue weighted by Gasteiger charge is -2.33. The van der Waals surface area contributed by atoms with Gasteiger partial charge in [0.1, 0.15) is 0 Å². The number of carbonyl (C=O) groups excluding carboxylic acids is 1. The number of rotatable bonds is 7. The first-order chi connectivity index (χ1) is 10.7. The summed E-state index contributed by atoms with van der Waals surface area (Å²) < 4.78 is 5.10. The minimum absolute atomic E-state index is 0.181. The van der Waals surface area contributed by atoms with Crippen LogP contribution in [-0.4, -0.2) is 40.0 Å². The van der Waals surface area contributed by atoms with Gasteiger partial charge in [-0.3, -0.25) is 9.69 Å². The fraction of sp³-hybridized carbons (Fsp3) is 0.588. The minimum Gasteiger partial charge on any atom is -0.391 e. The van der Waals surface area contributed by atoms with Crippen molar-refractivity contribution in [1.29, 1.82) is 0 Å². The molecule has 22 heavy (non-hydrogen) atoms. The Labute approximate surface area is 132 Å². The Balaban J connectivity index is 2.07. The van der Waals surface area contributed by atoms with Gasteiger partial charge in [-0.25, -0.2) is 4.98 Å². The third kappa shape index (κ3) is 4.13. The Morgan fingerprint density at radius 2 is 2.36 bits per heavy atom. The maximum atomic E-state index is 11.3. The molecule has 1 atom stereocenters. The zero-order chi connectivity index (χ0) is 15.9. The molecule has 0 aromatic carbocycles. The predicted molar refractivity (Wildman–Crippen MR) is 85.8 cm³/mol. The van der Waals surface area contributed by atoms with E-state index in [2.05, 4.69) is 28.4 Å². The number of nitrogens with zero attached hydrogens (tertiary/aromatic N) is 3. The van der Waals surface area contributed by atoms with E-state index in [-0.39, 0.29) is 12.0 Å². The third-order valence-corrected chi connectivity index (χ3v) is 3.99. The number of aromatic nitrogens is 2. The molecule has 5 heteroatoms. The van der Waals surface area contributed by atoms with Gasteiger partial charge in [0.15, 0.2) is 0 Å². The number of hydrogen-bond donors (Lipinski definition) is 0. The van der Waals surface area contributed by atoms with Crippen molar-refractivity contribution in [1.82, 2.24) is 14.9 Å². The smallest absolute Gasteiger partial charge is 0.324 e. The summed E-state index contributed by atoms with van der Waals surface area (Å²) in [6.45, 7) is 9.81. The van der Waals surface area contributed by atoms with Gasteiger partial charge in [0.25, 0.3) is 0 Å². The number of carbonyl (C=O) groups is 1. The van der Waals surface area contributed by atoms with Crippen LogP contribution in [0.3, 0.4) is 0 Å². The van der Waals surface area contributed by atoms with Crippen molar-refractivity contribution in [3.8, 4) is 6.01 Å². The topological polar surface area (TPSA) is 55.3 Å². The molecule has 1 heterocycles. The van der Waals surface area contributed by atoms with Gasteiger partial charge < -0.3 is 4.74 Å². The Kier molecular flexibility index (Phi) is 6.07. The SMILES string of the molecule is C=CCN(CCC)C1CCc2nc(OC(=O)CC)ncc2C1. The Morgan fingerprint density at radius 1 is 1.55 bits per heavy atom. The van der Waals surface area contributed by atoms with Crippen LogP contribution in [0, 0.1) is 0 Å². The van der Waals surface area contributed by atoms with Crippen LogP contribution in [-0.2, 0) is 17.6 Å². The summed E-state index contributed by atoms with van der Waals surface area (Å²) in [5, 5.41) is 0. The van der Waals surface area contributed by atoms with Crippen LogP contribution >= 0.6 is 0 Å². The summed E-state index contributed by atoms with van der Waals surface area (Å²) in [5.74, 6) is -0.297. The van der Waals surface area contributed by atoms with Crippen molar-refractivity contribution in [2.24, 2.45) is 0 Å². The number of ether oxygens (including phenoxy) is 1. The molecule has 5 nitrogen and oxygen atoms in total. The molecule has 2 rings (SSSR count). The first kappa shape index (κ1) is 16.6. The Hall–Kier alpha value is -1.75. The highest BCUT2D eigenvalue weighted by atomic mass is 16.5. The second-order valence-corrected chi connectivity index (χ2v) is 5.63. The fourth-order valence-electron chi connectivity index (χ4n) is 2.88. The molecular weight excluding hydrogens is 278 g/mol. The van der Waals surface area contributed by atoms with Crippen molar-refractivity contribution in [2.75, 3.05) is 13.1 Å². The average Bonchev–Trinajstić information content (AvgIpc) is 2.54. The van der Waals surface area contributed by atoms with Crippen molar-refractivity contribution < 1.29 is 9.53 Å². The number of aryl methyl sites for hydroxylation is 1. The second-order valence-electron chi connectivity index (χ2n) is 5.63. The molecule has 120 valence electrons. The summed E-state index contributed by atoms with van der Waals surface area (Å²) in [7, 11) is 0. The van der Waals surface area contributed by atoms with Gasteiger partial charge in [0, 0.05) is 25.2 Å². The summed E-state index contributed by atoms with van der Waals surface area (Å²) in [4.78, 5) is 22.4. The molecule has 0 fully saturated rings. The normalized spacial score (nSPS) is 17.1. The highest BCUT2D eigenvalue weighted by Crippen LogP contribution is 2.24. The molecule has 0 amide bonds. The van der Waals surface area contributed by atoms with Crippen molar-refractivity contribution in [3.05, 3.63) is 30.1 Å². The number of hydrogen-bond acceptors (Lipinski definition) is 5. The molecule has 1 aliphatic carbocycles. The molecule has 0 saturated carbocycles. The minimum atomic E-state index is -0.297. The summed E-state index contributed by atoms with van der Waals surface area (Å²) in [6, 6.07) is 0.693. The largest absolute Gasteiger partial charge is 0.391 e. The van der Waals surface area contributed by atoms with Crippen LogP contribution in [0.2, 0.25) is 0 Å². The van der Waals surface area contributed by atoms with Crippen LogP contribution < -0.4 is 4.74 Å². The molecule has 0 radical (unpaired) electrons. The first-order valence-electron chi connectivity index (χ1n) is 8.08. The zero-order valence-corrected chi connectivity index (χ0v) is 13.5. The lowest BCUT2D eigenvalue weighted by atomic mass is 9.91. The molecule has 1 aromatic rings. The summed E-state index contributed by atoms with van der Waals surface area (Å²) in [6.07, 6.45) is 8.16. The highest BCUT2D eigenvalue weighted by molar-refractivity contribution is 5.71. The molecule has 0 N–H and O–H groups in total. The van der Waals surface area contributed by atoms with Crippen molar-refractivity contribution >= 4 is 5.97 Å². The second kappa shape index (κ2) is 8.03. The maximum absolute atomic E-state index is 11.3. The average molecular weight is 303 g/mol. The van der Waals surface area contributed by atoms with Gasteiger partial charge in [0.05, 0.1) is 5.69 Å². The van der Waals surface area contributed by atoms with Gasteiger partial charge in [-0.1, -0.05) is 19.9 Å². The van der Waals surface area contributed by atoms with Gasteiger partial charge >= 0.3 is 12.0 Å². The lowest BCUT2D eigenvalue weighted by Crippen LogP contribution is -2.40. The Bertz CT molecular complexity index is 531. The standard InChI is InChI=1S/C17H25N3O2/c1-4-9-20(10-5-2)14-7-8-15-13(11-14)12-18-17(19-15)22-16(21)6-3/h4,12,14H,1,5-11H2,2-3H3. The molecule has 0 spiro atoms. The zero-order valence-electron chi connectivity index (χ0n) is 13.5. The van der Waals surface area contributed by atoms with E-state index < -0.39 is 0 Å². The molecule has 0 bridgehead atoms. The van der Waals surface area contributed by atoms with E-state index in [1.165, 1.54) is 0 Å². The van der Waals surface area contributed by atoms with E-state index in [0.29, 0.717) is 12.5 Å². The van der Waals surface area contributed by atoms with Gasteiger partial charge in [-0.2, -0.15) is 4.98 Å². The van der Waals surface area contributed by atoms with Crippen LogP contribution in [0.1, 0.15) is 44.4 Å². The third-order valence-electron chi connectivity index (χ3n) is 3.99. The van der Waals surface area contributed by atoms with Gasteiger partial charge in [0.2, 0.25) is 0 Å². The van der Waals surface area contributed by atoms with Crippen LogP contribution in [0.25, 0.3) is 0 Å². The van der Waals surface area contributed by atoms with Crippen molar-refractivity contribution in [3.63, 3.8) is 0 Å². The maximum Gasteiger partial charge on any atom is 0.324 e. The van der Waals surface area contributed by atoms with E-state index in [4.69, 9.17) is 4.74 Å². The molecule has 1 aromatic heterocycles. The van der Waals surface area contributed by atoms with E-state index >= 15 is 0 Å². The van der Waals surface area contributed by atoms with E-state index in [1.54, 1.807) is 6.92 Å². The van der Waals surface area contributed by atoms with Crippen LogP contribution in [0.15, 0.2) is 18.9 Å². The van der Waals surface area contributed by atoms with E-state index in [1.807, 2.05) is 12.3 Å². The predicted octanol–water partition coefficient (Wildman–Crippen LogP) is 2.55. The quantitative estimate of drug-likeness (QED) is 0.572. The highest BCUT2D eigenvalue weighted by Gasteiger charge is 2.25. The molecule has 0 saturated heterocycles. The first-order valence-corrected chi connectivity index (χ1v) is 8.08. The number of fused-ring (bicyclic) bond motifs is 1. The molecule has 0 aliphatic heterocycles. The van der Waals surface area contributed by atoms with E-state index in [0.717, 1.165) is 50.0 Å².